The molecule has 3 rings (SSSR count). The van der Waals surface area contributed by atoms with Gasteiger partial charge in [0, 0.05) is 19.3 Å². The van der Waals surface area contributed by atoms with Crippen LogP contribution in [0.1, 0.15) is 53.1 Å². The van der Waals surface area contributed by atoms with E-state index < -0.39 is 0 Å². The molecule has 1 amide bonds. The lowest BCUT2D eigenvalue weighted by molar-refractivity contribution is 0.0943. The van der Waals surface area contributed by atoms with Crippen molar-refractivity contribution in [3.63, 3.8) is 0 Å². The van der Waals surface area contributed by atoms with E-state index in [4.69, 9.17) is 0 Å². The zero-order valence-electron chi connectivity index (χ0n) is 17.8. The maximum atomic E-state index is 13.7. The van der Waals surface area contributed by atoms with Crippen LogP contribution in [0.4, 0.5) is 4.39 Å². The second-order valence-electron chi connectivity index (χ2n) is 7.90. The number of aromatic nitrogens is 3. The van der Waals surface area contributed by atoms with Gasteiger partial charge in [-0.25, -0.2) is 9.37 Å². The molecule has 0 spiro atoms. The topological polar surface area (TPSA) is 63.1 Å². The summed E-state index contributed by atoms with van der Waals surface area (Å²) in [6.45, 7) is 6.33. The van der Waals surface area contributed by atoms with Crippen molar-refractivity contribution in [2.75, 3.05) is 20.6 Å². The summed E-state index contributed by atoms with van der Waals surface area (Å²) in [6.07, 6.45) is 0. The molecule has 0 bridgehead atoms. The van der Waals surface area contributed by atoms with Gasteiger partial charge in [0.25, 0.3) is 5.91 Å². The van der Waals surface area contributed by atoms with Crippen molar-refractivity contribution >= 4 is 16.9 Å². The number of aryl methyl sites for hydroxylation is 2. The number of amides is 1. The maximum absolute atomic E-state index is 13.7. The molecule has 0 radical (unpaired) electrons. The molecule has 0 fully saturated rings. The highest BCUT2D eigenvalue weighted by Crippen LogP contribution is 2.25. The fraction of sp³-hybridized carbons (Fsp3) is 0.409. The molecule has 0 saturated carbocycles. The third-order valence-corrected chi connectivity index (χ3v) is 5.14. The fourth-order valence-electron chi connectivity index (χ4n) is 3.54. The van der Waals surface area contributed by atoms with Crippen molar-refractivity contribution in [1.82, 2.24) is 25.0 Å². The van der Waals surface area contributed by atoms with Gasteiger partial charge < -0.3 is 10.2 Å². The molecular formula is C22H28FN5O. The quantitative estimate of drug-likeness (QED) is 0.691. The Balaban J connectivity index is 1.93. The fourth-order valence-corrected chi connectivity index (χ4v) is 3.54. The summed E-state index contributed by atoms with van der Waals surface area (Å²) in [5.74, 6) is -0.286. The number of nitrogens with zero attached hydrogens (tertiary/aromatic N) is 4. The van der Waals surface area contributed by atoms with E-state index in [9.17, 15) is 9.18 Å². The van der Waals surface area contributed by atoms with Crippen LogP contribution in [0.3, 0.4) is 0 Å². The smallest absolute Gasteiger partial charge is 0.252 e. The van der Waals surface area contributed by atoms with Crippen LogP contribution in [0, 0.1) is 12.7 Å². The first-order valence-electron chi connectivity index (χ1n) is 9.73. The number of halogens is 1. The monoisotopic (exact) mass is 397 g/mol. The highest BCUT2D eigenvalue weighted by atomic mass is 19.1. The van der Waals surface area contributed by atoms with E-state index in [0.29, 0.717) is 17.8 Å². The van der Waals surface area contributed by atoms with Gasteiger partial charge >= 0.3 is 0 Å². The highest BCUT2D eigenvalue weighted by molar-refractivity contribution is 6.06. The van der Waals surface area contributed by atoms with Crippen LogP contribution >= 0.6 is 0 Å². The Labute approximate surface area is 170 Å². The number of carbonyl (C=O) groups excluding carboxylic acids is 1. The van der Waals surface area contributed by atoms with Crippen LogP contribution in [0.2, 0.25) is 0 Å². The first-order valence-corrected chi connectivity index (χ1v) is 9.73. The van der Waals surface area contributed by atoms with Crippen molar-refractivity contribution in [3.8, 4) is 0 Å². The average Bonchev–Trinajstić information content (AvgIpc) is 2.95. The number of carbonyl (C=O) groups is 1. The SMILES string of the molecule is Cc1nn(C)c2nc(C(C)C)cc(C(=O)NCC(c3cccc(F)c3)N(C)C)c12. The minimum absolute atomic E-state index is 0.147. The van der Waals surface area contributed by atoms with E-state index in [1.165, 1.54) is 12.1 Å². The van der Waals surface area contributed by atoms with Crippen molar-refractivity contribution in [3.05, 3.63) is 58.7 Å². The molecule has 0 aliphatic carbocycles. The molecule has 0 saturated heterocycles. The van der Waals surface area contributed by atoms with E-state index >= 15 is 0 Å². The second kappa shape index (κ2) is 8.29. The van der Waals surface area contributed by atoms with Gasteiger partial charge in [0.1, 0.15) is 5.82 Å². The van der Waals surface area contributed by atoms with Crippen LogP contribution < -0.4 is 5.32 Å². The van der Waals surface area contributed by atoms with E-state index in [2.05, 4.69) is 15.4 Å². The number of hydrogen-bond acceptors (Lipinski definition) is 4. The van der Waals surface area contributed by atoms with E-state index in [1.54, 1.807) is 10.7 Å². The van der Waals surface area contributed by atoms with Crippen molar-refractivity contribution in [1.29, 1.82) is 0 Å². The Morgan fingerprint density at radius 2 is 2.00 bits per heavy atom. The number of pyridine rings is 1. The Morgan fingerprint density at radius 1 is 1.28 bits per heavy atom. The van der Waals surface area contributed by atoms with Gasteiger partial charge in [0.05, 0.1) is 22.7 Å². The van der Waals surface area contributed by atoms with Crippen molar-refractivity contribution in [2.24, 2.45) is 7.05 Å². The lowest BCUT2D eigenvalue weighted by atomic mass is 10.0. The Bertz CT molecular complexity index is 1040. The number of nitrogens with one attached hydrogen (secondary N) is 1. The van der Waals surface area contributed by atoms with Gasteiger partial charge in [-0.1, -0.05) is 26.0 Å². The first kappa shape index (κ1) is 20.9. The first-order chi connectivity index (χ1) is 13.7. The molecule has 1 N–H and O–H groups in total. The van der Waals surface area contributed by atoms with Crippen LogP contribution in [-0.2, 0) is 7.05 Å². The zero-order valence-corrected chi connectivity index (χ0v) is 17.8. The van der Waals surface area contributed by atoms with Crippen molar-refractivity contribution in [2.45, 2.75) is 32.7 Å². The molecule has 0 aliphatic rings. The van der Waals surface area contributed by atoms with Gasteiger partial charge in [-0.15, -0.1) is 0 Å². The third-order valence-electron chi connectivity index (χ3n) is 5.14. The second-order valence-corrected chi connectivity index (χ2v) is 7.90. The lowest BCUT2D eigenvalue weighted by Gasteiger charge is -2.25. The zero-order chi connectivity index (χ0) is 21.3. The largest absolute Gasteiger partial charge is 0.350 e. The van der Waals surface area contributed by atoms with Gasteiger partial charge in [-0.05, 0) is 50.7 Å². The minimum atomic E-state index is -0.288. The molecule has 2 heterocycles. The molecule has 3 aromatic rings. The van der Waals surface area contributed by atoms with Gasteiger partial charge in [0.2, 0.25) is 0 Å². The highest BCUT2D eigenvalue weighted by Gasteiger charge is 2.21. The lowest BCUT2D eigenvalue weighted by Crippen LogP contribution is -2.34. The molecular weight excluding hydrogens is 369 g/mol. The molecule has 6 nitrogen and oxygen atoms in total. The summed E-state index contributed by atoms with van der Waals surface area (Å²) in [5, 5.41) is 8.23. The standard InChI is InChI=1S/C22H28FN5O/c1-13(2)18-11-17(20-14(3)26-28(6)21(20)25-18)22(29)24-12-19(27(4)5)15-8-7-9-16(23)10-15/h7-11,13,19H,12H2,1-6H3,(H,24,29). The number of hydrogen-bond donors (Lipinski definition) is 1. The molecule has 1 aromatic carbocycles. The van der Waals surface area contributed by atoms with Gasteiger partial charge in [-0.2, -0.15) is 5.10 Å². The molecule has 1 atom stereocenters. The molecule has 2 aromatic heterocycles. The molecule has 7 heteroatoms. The summed E-state index contributed by atoms with van der Waals surface area (Å²) >= 11 is 0. The average molecular weight is 397 g/mol. The Hall–Kier alpha value is -2.80. The van der Waals surface area contributed by atoms with Crippen molar-refractivity contribution < 1.29 is 9.18 Å². The summed E-state index contributed by atoms with van der Waals surface area (Å²) in [6, 6.07) is 8.18. The number of likely N-dealkylation sites (N-methyl/N-ethyl adjacent to an activating group) is 1. The number of benzene rings is 1. The van der Waals surface area contributed by atoms with E-state index in [-0.39, 0.29) is 23.7 Å². The van der Waals surface area contributed by atoms with Gasteiger partial charge in [-0.3, -0.25) is 9.48 Å². The molecule has 1 unspecified atom stereocenters. The number of fused-ring (bicyclic) bond motifs is 1. The Kier molecular flexibility index (Phi) is 5.98. The maximum Gasteiger partial charge on any atom is 0.252 e. The predicted molar refractivity (Wildman–Crippen MR) is 112 cm³/mol. The van der Waals surface area contributed by atoms with Crippen LogP contribution in [0.15, 0.2) is 30.3 Å². The normalized spacial score (nSPS) is 12.7. The number of rotatable bonds is 6. The summed E-state index contributed by atoms with van der Waals surface area (Å²) in [7, 11) is 5.66. The molecule has 29 heavy (non-hydrogen) atoms. The van der Waals surface area contributed by atoms with Crippen LogP contribution in [-0.4, -0.2) is 46.2 Å². The summed E-state index contributed by atoms with van der Waals surface area (Å²) < 4.78 is 15.4. The molecule has 154 valence electrons. The van der Waals surface area contributed by atoms with Gasteiger partial charge in [0.15, 0.2) is 5.65 Å². The van der Waals surface area contributed by atoms with E-state index in [1.807, 2.05) is 58.9 Å². The molecule has 0 aliphatic heterocycles. The Morgan fingerprint density at radius 3 is 2.62 bits per heavy atom. The predicted octanol–water partition coefficient (Wildman–Crippen LogP) is 3.57. The summed E-state index contributed by atoms with van der Waals surface area (Å²) in [5.41, 5.74) is 3.70. The van der Waals surface area contributed by atoms with Crippen LogP contribution in [0.5, 0.6) is 0 Å². The summed E-state index contributed by atoms with van der Waals surface area (Å²) in [4.78, 5) is 19.8. The van der Waals surface area contributed by atoms with E-state index in [0.717, 1.165) is 22.3 Å². The van der Waals surface area contributed by atoms with Crippen LogP contribution in [0.25, 0.3) is 11.0 Å². The minimum Gasteiger partial charge on any atom is -0.350 e. The third kappa shape index (κ3) is 4.29.